The summed E-state index contributed by atoms with van der Waals surface area (Å²) in [5.41, 5.74) is 1.65. The molecule has 2 saturated heterocycles. The van der Waals surface area contributed by atoms with Gasteiger partial charge in [0.1, 0.15) is 10.8 Å². The van der Waals surface area contributed by atoms with E-state index in [2.05, 4.69) is 15.3 Å². The molecule has 32 heavy (non-hydrogen) atoms. The van der Waals surface area contributed by atoms with Gasteiger partial charge in [0.2, 0.25) is 0 Å². The van der Waals surface area contributed by atoms with E-state index in [-0.39, 0.29) is 23.0 Å². The van der Waals surface area contributed by atoms with Crippen LogP contribution in [0.5, 0.6) is 0 Å². The SMILES string of the molecule is Cc1ccc([C@@H]2C[C@H](C(F)(F)F)n3nc(C(=O)N4CCN5CCC[C@H]5C4)c(Cl)c3N2)cc1. The van der Waals surface area contributed by atoms with Crippen LogP contribution < -0.4 is 5.32 Å². The number of hydrogen-bond acceptors (Lipinski definition) is 4. The summed E-state index contributed by atoms with van der Waals surface area (Å²) in [6, 6.07) is 5.21. The molecule has 3 aliphatic rings. The van der Waals surface area contributed by atoms with E-state index in [1.165, 1.54) is 0 Å². The Kier molecular flexibility index (Phi) is 5.36. The molecule has 0 radical (unpaired) electrons. The van der Waals surface area contributed by atoms with Crippen molar-refractivity contribution in [2.24, 2.45) is 0 Å². The van der Waals surface area contributed by atoms with Crippen molar-refractivity contribution in [2.75, 3.05) is 31.5 Å². The summed E-state index contributed by atoms with van der Waals surface area (Å²) < 4.78 is 42.8. The largest absolute Gasteiger partial charge is 0.410 e. The van der Waals surface area contributed by atoms with E-state index < -0.39 is 24.2 Å². The highest BCUT2D eigenvalue weighted by Gasteiger charge is 2.48. The van der Waals surface area contributed by atoms with Gasteiger partial charge in [-0.1, -0.05) is 41.4 Å². The van der Waals surface area contributed by atoms with Gasteiger partial charge < -0.3 is 10.2 Å². The van der Waals surface area contributed by atoms with Crippen molar-refractivity contribution in [2.45, 2.75) is 50.5 Å². The van der Waals surface area contributed by atoms with E-state index in [0.717, 1.165) is 41.7 Å². The fourth-order valence-corrected chi connectivity index (χ4v) is 5.33. The second-order valence-corrected chi connectivity index (χ2v) is 9.32. The molecule has 0 bridgehead atoms. The van der Waals surface area contributed by atoms with Crippen LogP contribution in [0.4, 0.5) is 19.0 Å². The van der Waals surface area contributed by atoms with Crippen molar-refractivity contribution in [3.8, 4) is 0 Å². The molecule has 2 aromatic rings. The summed E-state index contributed by atoms with van der Waals surface area (Å²) in [6.07, 6.45) is -2.63. The van der Waals surface area contributed by atoms with Crippen LogP contribution in [-0.2, 0) is 0 Å². The topological polar surface area (TPSA) is 53.4 Å². The maximum Gasteiger partial charge on any atom is 0.410 e. The Morgan fingerprint density at radius 3 is 2.66 bits per heavy atom. The Morgan fingerprint density at radius 2 is 1.94 bits per heavy atom. The van der Waals surface area contributed by atoms with Gasteiger partial charge in [-0.15, -0.1) is 0 Å². The summed E-state index contributed by atoms with van der Waals surface area (Å²) in [7, 11) is 0. The lowest BCUT2D eigenvalue weighted by molar-refractivity contribution is -0.173. The monoisotopic (exact) mass is 467 g/mol. The number of hydrogen-bond donors (Lipinski definition) is 1. The third-order valence-electron chi connectivity index (χ3n) is 6.85. The number of piperazine rings is 1. The highest BCUT2D eigenvalue weighted by molar-refractivity contribution is 6.36. The lowest BCUT2D eigenvalue weighted by atomic mass is 9.96. The van der Waals surface area contributed by atoms with Gasteiger partial charge in [0.05, 0.1) is 6.04 Å². The first-order chi connectivity index (χ1) is 15.2. The highest BCUT2D eigenvalue weighted by atomic mass is 35.5. The molecular weight excluding hydrogens is 443 g/mol. The predicted molar refractivity (Wildman–Crippen MR) is 115 cm³/mol. The quantitative estimate of drug-likeness (QED) is 0.710. The van der Waals surface area contributed by atoms with Crippen LogP contribution in [0.2, 0.25) is 5.02 Å². The minimum Gasteiger partial charge on any atom is -0.362 e. The molecule has 0 spiro atoms. The lowest BCUT2D eigenvalue weighted by Gasteiger charge is -2.37. The number of halogens is 4. The van der Waals surface area contributed by atoms with Gasteiger partial charge in [-0.2, -0.15) is 18.3 Å². The fourth-order valence-electron chi connectivity index (χ4n) is 5.07. The van der Waals surface area contributed by atoms with Gasteiger partial charge in [0.15, 0.2) is 11.7 Å². The maximum absolute atomic E-state index is 14.0. The Morgan fingerprint density at radius 1 is 1.19 bits per heavy atom. The zero-order valence-electron chi connectivity index (χ0n) is 17.7. The second kappa shape index (κ2) is 7.95. The Labute approximate surface area is 189 Å². The van der Waals surface area contributed by atoms with Crippen LogP contribution >= 0.6 is 11.6 Å². The molecule has 5 rings (SSSR count). The van der Waals surface area contributed by atoms with Crippen LogP contribution in [0.1, 0.15) is 53.0 Å². The summed E-state index contributed by atoms with van der Waals surface area (Å²) in [5, 5.41) is 7.16. The Bertz CT molecular complexity index is 1020. The Hall–Kier alpha value is -2.26. The maximum atomic E-state index is 14.0. The van der Waals surface area contributed by atoms with Crippen LogP contribution in [0.25, 0.3) is 0 Å². The van der Waals surface area contributed by atoms with E-state index in [0.29, 0.717) is 19.1 Å². The molecular formula is C22H25ClF3N5O. The first-order valence-electron chi connectivity index (χ1n) is 10.9. The van der Waals surface area contributed by atoms with Crippen LogP contribution in [0.3, 0.4) is 0 Å². The smallest absolute Gasteiger partial charge is 0.362 e. The fraction of sp³-hybridized carbons (Fsp3) is 0.545. The number of rotatable bonds is 2. The summed E-state index contributed by atoms with van der Waals surface area (Å²) in [5.74, 6) is -0.355. The number of nitrogens with one attached hydrogen (secondary N) is 1. The van der Waals surface area contributed by atoms with Gasteiger partial charge in [-0.3, -0.25) is 9.69 Å². The molecule has 1 N–H and O–H groups in total. The number of nitrogens with zero attached hydrogens (tertiary/aromatic N) is 4. The van der Waals surface area contributed by atoms with E-state index in [4.69, 9.17) is 11.6 Å². The van der Waals surface area contributed by atoms with E-state index in [1.54, 1.807) is 4.90 Å². The number of aromatic nitrogens is 2. The molecule has 4 heterocycles. The second-order valence-electron chi connectivity index (χ2n) is 8.94. The van der Waals surface area contributed by atoms with Crippen molar-refractivity contribution in [3.05, 3.63) is 46.1 Å². The molecule has 10 heteroatoms. The lowest BCUT2D eigenvalue weighted by Crippen LogP contribution is -2.52. The minimum absolute atomic E-state index is 0.0464. The van der Waals surface area contributed by atoms with Gasteiger partial charge in [0, 0.05) is 32.1 Å². The van der Waals surface area contributed by atoms with E-state index in [1.807, 2.05) is 31.2 Å². The van der Waals surface area contributed by atoms with Crippen molar-refractivity contribution >= 4 is 23.3 Å². The van der Waals surface area contributed by atoms with Gasteiger partial charge in [-0.05, 0) is 31.9 Å². The number of amides is 1. The average molecular weight is 468 g/mol. The van der Waals surface area contributed by atoms with Gasteiger partial charge >= 0.3 is 6.18 Å². The van der Waals surface area contributed by atoms with E-state index in [9.17, 15) is 18.0 Å². The minimum atomic E-state index is -4.52. The number of aryl methyl sites for hydroxylation is 1. The average Bonchev–Trinajstić information content (AvgIpc) is 3.36. The molecule has 1 aromatic heterocycles. The molecule has 0 unspecified atom stereocenters. The number of benzene rings is 1. The molecule has 3 aliphatic heterocycles. The summed E-state index contributed by atoms with van der Waals surface area (Å²) in [4.78, 5) is 17.2. The third-order valence-corrected chi connectivity index (χ3v) is 7.21. The molecule has 0 aliphatic carbocycles. The standard InChI is InChI=1S/C22H25ClF3N5O/c1-13-4-6-14(7-5-13)16-11-17(22(24,25)26)31-20(27-16)18(23)19(28-31)21(32)30-10-9-29-8-2-3-15(29)12-30/h4-7,15-17,27H,2-3,8-12H2,1H3/t15-,16-,17+/m0/s1. The number of anilines is 1. The van der Waals surface area contributed by atoms with Crippen molar-refractivity contribution in [1.29, 1.82) is 0 Å². The molecule has 0 saturated carbocycles. The van der Waals surface area contributed by atoms with Crippen molar-refractivity contribution < 1.29 is 18.0 Å². The van der Waals surface area contributed by atoms with Crippen LogP contribution in [0.15, 0.2) is 24.3 Å². The van der Waals surface area contributed by atoms with E-state index >= 15 is 0 Å². The number of carbonyl (C=O) groups is 1. The number of alkyl halides is 3. The van der Waals surface area contributed by atoms with Crippen LogP contribution in [-0.4, -0.2) is 63.9 Å². The molecule has 172 valence electrons. The van der Waals surface area contributed by atoms with Crippen molar-refractivity contribution in [1.82, 2.24) is 19.6 Å². The normalized spacial score (nSPS) is 25.9. The predicted octanol–water partition coefficient (Wildman–Crippen LogP) is 4.43. The first-order valence-corrected chi connectivity index (χ1v) is 11.3. The molecule has 2 fully saturated rings. The number of fused-ring (bicyclic) bond motifs is 2. The zero-order chi connectivity index (χ0) is 22.6. The van der Waals surface area contributed by atoms with Gasteiger partial charge in [0.25, 0.3) is 5.91 Å². The first kappa shape index (κ1) is 21.6. The molecule has 1 amide bonds. The summed E-state index contributed by atoms with van der Waals surface area (Å²) >= 11 is 6.49. The third kappa shape index (κ3) is 3.75. The molecule has 3 atom stereocenters. The van der Waals surface area contributed by atoms with Crippen molar-refractivity contribution in [3.63, 3.8) is 0 Å². The van der Waals surface area contributed by atoms with Crippen LogP contribution in [0, 0.1) is 6.92 Å². The zero-order valence-corrected chi connectivity index (χ0v) is 18.5. The number of carbonyl (C=O) groups excluding carboxylic acids is 1. The Balaban J connectivity index is 1.47. The molecule has 1 aromatic carbocycles. The van der Waals surface area contributed by atoms with Gasteiger partial charge in [-0.25, -0.2) is 4.68 Å². The summed E-state index contributed by atoms with van der Waals surface area (Å²) in [6.45, 7) is 4.80. The highest BCUT2D eigenvalue weighted by Crippen LogP contribution is 2.46. The molecule has 6 nitrogen and oxygen atoms in total.